The van der Waals surface area contributed by atoms with Gasteiger partial charge in [0.2, 0.25) is 10.0 Å². The molecule has 118 valence electrons. The molecule has 0 radical (unpaired) electrons. The Morgan fingerprint density at radius 1 is 1.33 bits per heavy atom. The van der Waals surface area contributed by atoms with Crippen molar-refractivity contribution in [3.05, 3.63) is 29.0 Å². The molecule has 1 aliphatic heterocycles. The van der Waals surface area contributed by atoms with Crippen LogP contribution in [0.1, 0.15) is 6.42 Å². The molecule has 2 rings (SSSR count). The third-order valence-electron chi connectivity index (χ3n) is 3.25. The van der Waals surface area contributed by atoms with E-state index in [2.05, 4.69) is 0 Å². The molecular weight excluding hydrogens is 338 g/mol. The molecule has 0 unspecified atom stereocenters. The van der Waals surface area contributed by atoms with Gasteiger partial charge in [0.1, 0.15) is 10.7 Å². The second-order valence-electron chi connectivity index (χ2n) is 4.69. The molecule has 0 bridgehead atoms. The van der Waals surface area contributed by atoms with Gasteiger partial charge in [-0.2, -0.15) is 17.5 Å². The van der Waals surface area contributed by atoms with E-state index in [0.29, 0.717) is 4.31 Å². The van der Waals surface area contributed by atoms with Gasteiger partial charge in [-0.05, 0) is 18.2 Å². The lowest BCUT2D eigenvalue weighted by atomic mass is 10.0. The summed E-state index contributed by atoms with van der Waals surface area (Å²) in [6.45, 7) is -1.63. The van der Waals surface area contributed by atoms with Crippen LogP contribution in [0.3, 0.4) is 0 Å². The number of aliphatic hydroxyl groups is 1. The summed E-state index contributed by atoms with van der Waals surface area (Å²) in [5.74, 6) is -0.771. The summed E-state index contributed by atoms with van der Waals surface area (Å²) < 4.78 is 75.9. The standard InChI is InChI=1S/C11H10ClF4NO3S/c12-8-5-7(13)1-2-9(8)21(19,20)17-4-3-10(18,6-17)11(14,15)16/h1-2,5,18H,3-4,6H2/t10-/m0/s1. The van der Waals surface area contributed by atoms with Crippen molar-refractivity contribution in [3.63, 3.8) is 0 Å². The van der Waals surface area contributed by atoms with Crippen LogP contribution in [0.15, 0.2) is 23.1 Å². The number of sulfonamides is 1. The van der Waals surface area contributed by atoms with Crippen molar-refractivity contribution in [2.45, 2.75) is 23.1 Å². The number of β-amino-alcohol motifs (C(OH)–C–C–N with tert-alkyl or cyclic N) is 1. The van der Waals surface area contributed by atoms with Crippen LogP contribution in [-0.4, -0.2) is 42.7 Å². The van der Waals surface area contributed by atoms with Crippen molar-refractivity contribution in [3.8, 4) is 0 Å². The van der Waals surface area contributed by atoms with Crippen molar-refractivity contribution in [1.82, 2.24) is 4.31 Å². The largest absolute Gasteiger partial charge is 0.418 e. The van der Waals surface area contributed by atoms with Gasteiger partial charge in [0.25, 0.3) is 0 Å². The Labute approximate surface area is 123 Å². The summed E-state index contributed by atoms with van der Waals surface area (Å²) >= 11 is 5.62. The Bertz CT molecular complexity index is 664. The molecule has 1 aromatic rings. The lowest BCUT2D eigenvalue weighted by molar-refractivity contribution is -0.252. The van der Waals surface area contributed by atoms with Crippen LogP contribution in [0, 0.1) is 5.82 Å². The number of nitrogens with zero attached hydrogens (tertiary/aromatic N) is 1. The van der Waals surface area contributed by atoms with Gasteiger partial charge in [-0.3, -0.25) is 0 Å². The summed E-state index contributed by atoms with van der Waals surface area (Å²) in [5.41, 5.74) is -3.09. The number of alkyl halides is 3. The second kappa shape index (κ2) is 5.08. The molecule has 1 N–H and O–H groups in total. The third kappa shape index (κ3) is 2.87. The fourth-order valence-corrected chi connectivity index (χ4v) is 4.02. The van der Waals surface area contributed by atoms with E-state index in [1.54, 1.807) is 0 Å². The Balaban J connectivity index is 2.35. The van der Waals surface area contributed by atoms with Crippen molar-refractivity contribution in [2.75, 3.05) is 13.1 Å². The van der Waals surface area contributed by atoms with Crippen LogP contribution >= 0.6 is 11.6 Å². The minimum Gasteiger partial charge on any atom is -0.379 e. The van der Waals surface area contributed by atoms with E-state index in [1.165, 1.54) is 0 Å². The number of rotatable bonds is 2. The lowest BCUT2D eigenvalue weighted by Crippen LogP contribution is -2.48. The highest BCUT2D eigenvalue weighted by atomic mass is 35.5. The van der Waals surface area contributed by atoms with Crippen LogP contribution in [0.4, 0.5) is 17.6 Å². The maximum atomic E-state index is 12.9. The number of benzene rings is 1. The highest BCUT2D eigenvalue weighted by Crippen LogP contribution is 2.40. The van der Waals surface area contributed by atoms with Crippen LogP contribution in [0.2, 0.25) is 5.02 Å². The van der Waals surface area contributed by atoms with E-state index in [-0.39, 0.29) is 0 Å². The van der Waals surface area contributed by atoms with Crippen LogP contribution < -0.4 is 0 Å². The molecule has 1 atom stereocenters. The van der Waals surface area contributed by atoms with Gasteiger partial charge < -0.3 is 5.11 Å². The second-order valence-corrected chi connectivity index (χ2v) is 7.01. The molecule has 4 nitrogen and oxygen atoms in total. The van der Waals surface area contributed by atoms with Crippen molar-refractivity contribution in [2.24, 2.45) is 0 Å². The van der Waals surface area contributed by atoms with Gasteiger partial charge >= 0.3 is 6.18 Å². The molecule has 0 aromatic heterocycles. The average Bonchev–Trinajstić information content (AvgIpc) is 2.72. The van der Waals surface area contributed by atoms with E-state index in [1.807, 2.05) is 0 Å². The molecule has 21 heavy (non-hydrogen) atoms. The average molecular weight is 348 g/mol. The summed E-state index contributed by atoms with van der Waals surface area (Å²) in [4.78, 5) is -0.503. The maximum absolute atomic E-state index is 12.9. The molecule has 0 saturated carbocycles. The van der Waals surface area contributed by atoms with Gasteiger partial charge in [0, 0.05) is 13.0 Å². The summed E-state index contributed by atoms with van der Waals surface area (Å²) in [6, 6.07) is 2.46. The Morgan fingerprint density at radius 3 is 2.43 bits per heavy atom. The fraction of sp³-hybridized carbons (Fsp3) is 0.455. The van der Waals surface area contributed by atoms with E-state index in [9.17, 15) is 31.1 Å². The molecule has 1 saturated heterocycles. The van der Waals surface area contributed by atoms with E-state index >= 15 is 0 Å². The van der Waals surface area contributed by atoms with Gasteiger partial charge in [0.15, 0.2) is 5.60 Å². The molecule has 0 spiro atoms. The molecule has 1 heterocycles. The zero-order chi connectivity index (χ0) is 16.1. The van der Waals surface area contributed by atoms with Crippen LogP contribution in [0.5, 0.6) is 0 Å². The first-order valence-corrected chi connectivity index (χ1v) is 7.53. The topological polar surface area (TPSA) is 57.6 Å². The Kier molecular flexibility index (Phi) is 3.98. The molecule has 0 aliphatic carbocycles. The van der Waals surface area contributed by atoms with E-state index < -0.39 is 57.0 Å². The minimum atomic E-state index is -4.94. The normalized spacial score (nSPS) is 24.5. The molecule has 10 heteroatoms. The Hall–Kier alpha value is -0.900. The number of halogens is 5. The van der Waals surface area contributed by atoms with Gasteiger partial charge in [-0.15, -0.1) is 0 Å². The molecule has 0 amide bonds. The highest BCUT2D eigenvalue weighted by Gasteiger charge is 2.58. The smallest absolute Gasteiger partial charge is 0.379 e. The van der Waals surface area contributed by atoms with Crippen molar-refractivity contribution >= 4 is 21.6 Å². The fourth-order valence-electron chi connectivity index (χ4n) is 2.02. The predicted molar refractivity (Wildman–Crippen MR) is 65.8 cm³/mol. The zero-order valence-corrected chi connectivity index (χ0v) is 11.9. The van der Waals surface area contributed by atoms with Crippen molar-refractivity contribution in [1.29, 1.82) is 0 Å². The molecule has 1 fully saturated rings. The summed E-state index contributed by atoms with van der Waals surface area (Å²) in [6.07, 6.45) is -5.71. The summed E-state index contributed by atoms with van der Waals surface area (Å²) in [7, 11) is -4.34. The monoisotopic (exact) mass is 347 g/mol. The lowest BCUT2D eigenvalue weighted by Gasteiger charge is -2.25. The van der Waals surface area contributed by atoms with Gasteiger partial charge in [-0.25, -0.2) is 12.8 Å². The molecule has 1 aliphatic rings. The first-order chi connectivity index (χ1) is 9.47. The molecular formula is C11H10ClF4NO3S. The number of hydrogen-bond donors (Lipinski definition) is 1. The maximum Gasteiger partial charge on any atom is 0.418 e. The quantitative estimate of drug-likeness (QED) is 0.834. The van der Waals surface area contributed by atoms with E-state index in [4.69, 9.17) is 11.6 Å². The van der Waals surface area contributed by atoms with Gasteiger partial charge in [0.05, 0.1) is 11.6 Å². The first kappa shape index (κ1) is 16.5. The zero-order valence-electron chi connectivity index (χ0n) is 10.4. The van der Waals surface area contributed by atoms with Crippen LogP contribution in [-0.2, 0) is 10.0 Å². The first-order valence-electron chi connectivity index (χ1n) is 5.72. The summed E-state index contributed by atoms with van der Waals surface area (Å²) in [5, 5.41) is 9.06. The van der Waals surface area contributed by atoms with Crippen molar-refractivity contribution < 1.29 is 31.1 Å². The third-order valence-corrected chi connectivity index (χ3v) is 5.58. The Morgan fingerprint density at radius 2 is 1.95 bits per heavy atom. The van der Waals surface area contributed by atoms with Crippen LogP contribution in [0.25, 0.3) is 0 Å². The van der Waals surface area contributed by atoms with Gasteiger partial charge in [-0.1, -0.05) is 11.6 Å². The SMILES string of the molecule is O=S(=O)(c1ccc(F)cc1Cl)N1CC[C@@](O)(C(F)(F)F)C1. The molecule has 1 aromatic carbocycles. The number of hydrogen-bond acceptors (Lipinski definition) is 3. The predicted octanol–water partition coefficient (Wildman–Crippen LogP) is 2.17. The highest BCUT2D eigenvalue weighted by molar-refractivity contribution is 7.89. The minimum absolute atomic E-state index is 0.433. The van der Waals surface area contributed by atoms with E-state index in [0.717, 1.165) is 18.2 Å².